The fourth-order valence-electron chi connectivity index (χ4n) is 2.85. The summed E-state index contributed by atoms with van der Waals surface area (Å²) in [6.07, 6.45) is -2.85. The Kier molecular flexibility index (Phi) is 4.44. The van der Waals surface area contributed by atoms with Crippen LogP contribution in [0.3, 0.4) is 0 Å². The molecule has 0 bridgehead atoms. The molecule has 0 atom stereocenters. The summed E-state index contributed by atoms with van der Waals surface area (Å²) in [5.74, 6) is 0.671. The van der Waals surface area contributed by atoms with Crippen LogP contribution >= 0.6 is 23.2 Å². The van der Waals surface area contributed by atoms with Crippen LogP contribution in [0.25, 0.3) is 33.5 Å². The van der Waals surface area contributed by atoms with Crippen molar-refractivity contribution in [2.24, 2.45) is 0 Å². The van der Waals surface area contributed by atoms with Gasteiger partial charge in [0, 0.05) is 11.8 Å². The van der Waals surface area contributed by atoms with E-state index >= 15 is 0 Å². The molecular weight excluding hydrogens is 412 g/mol. The average molecular weight is 423 g/mol. The zero-order valence-corrected chi connectivity index (χ0v) is 15.5. The van der Waals surface area contributed by atoms with Gasteiger partial charge < -0.3 is 10.7 Å². The number of aromatic nitrogens is 3. The largest absolute Gasteiger partial charge is 0.416 e. The van der Waals surface area contributed by atoms with Crippen molar-refractivity contribution in [2.75, 3.05) is 5.73 Å². The van der Waals surface area contributed by atoms with Crippen LogP contribution in [0, 0.1) is 0 Å². The van der Waals surface area contributed by atoms with Crippen LogP contribution < -0.4 is 5.73 Å². The van der Waals surface area contributed by atoms with Gasteiger partial charge in [-0.1, -0.05) is 23.2 Å². The molecule has 28 heavy (non-hydrogen) atoms. The number of imidazole rings is 1. The Morgan fingerprint density at radius 3 is 2.25 bits per heavy atom. The highest BCUT2D eigenvalue weighted by Gasteiger charge is 2.30. The van der Waals surface area contributed by atoms with E-state index in [9.17, 15) is 13.2 Å². The van der Waals surface area contributed by atoms with Crippen LogP contribution in [-0.4, -0.2) is 15.0 Å². The molecule has 0 aliphatic carbocycles. The molecule has 0 spiro atoms. The van der Waals surface area contributed by atoms with Gasteiger partial charge in [0.25, 0.3) is 0 Å². The summed E-state index contributed by atoms with van der Waals surface area (Å²) < 4.78 is 38.7. The molecule has 3 N–H and O–H groups in total. The molecule has 4 aromatic rings. The molecule has 2 aromatic carbocycles. The Labute approximate surface area is 167 Å². The quantitative estimate of drug-likeness (QED) is 0.404. The van der Waals surface area contributed by atoms with Gasteiger partial charge in [-0.2, -0.15) is 13.2 Å². The summed E-state index contributed by atoms with van der Waals surface area (Å²) in [5, 5.41) is 0.601. The maximum absolute atomic E-state index is 12.9. The van der Waals surface area contributed by atoms with E-state index < -0.39 is 11.7 Å². The van der Waals surface area contributed by atoms with Crippen LogP contribution in [0.4, 0.5) is 19.0 Å². The van der Waals surface area contributed by atoms with Gasteiger partial charge >= 0.3 is 6.18 Å². The number of anilines is 1. The van der Waals surface area contributed by atoms with E-state index in [4.69, 9.17) is 28.9 Å². The van der Waals surface area contributed by atoms with Gasteiger partial charge in [-0.15, -0.1) is 0 Å². The molecule has 0 aliphatic rings. The summed E-state index contributed by atoms with van der Waals surface area (Å²) in [4.78, 5) is 11.2. The summed E-state index contributed by atoms with van der Waals surface area (Å²) in [5.41, 5.74) is 7.34. The molecule has 4 nitrogen and oxygen atoms in total. The van der Waals surface area contributed by atoms with Gasteiger partial charge in [-0.05, 0) is 48.0 Å². The van der Waals surface area contributed by atoms with E-state index in [1.807, 2.05) is 0 Å². The topological polar surface area (TPSA) is 67.6 Å². The molecule has 0 fully saturated rings. The van der Waals surface area contributed by atoms with Gasteiger partial charge in [0.15, 0.2) is 0 Å². The number of benzene rings is 2. The predicted molar refractivity (Wildman–Crippen MR) is 104 cm³/mol. The molecule has 2 aromatic heterocycles. The maximum atomic E-state index is 12.9. The van der Waals surface area contributed by atoms with E-state index in [1.54, 1.807) is 30.5 Å². The Hall–Kier alpha value is -2.77. The van der Waals surface area contributed by atoms with E-state index in [2.05, 4.69) is 15.0 Å². The third-order valence-electron chi connectivity index (χ3n) is 4.21. The molecule has 0 radical (unpaired) electrons. The smallest absolute Gasteiger partial charge is 0.384 e. The van der Waals surface area contributed by atoms with Gasteiger partial charge in [-0.25, -0.2) is 9.97 Å². The first-order chi connectivity index (χ1) is 13.2. The number of alkyl halides is 3. The average Bonchev–Trinajstić information content (AvgIpc) is 3.03. The van der Waals surface area contributed by atoms with Crippen LogP contribution in [0.15, 0.2) is 48.7 Å². The van der Waals surface area contributed by atoms with Crippen LogP contribution in [0.5, 0.6) is 0 Å². The number of nitrogens with two attached hydrogens (primary N) is 1. The SMILES string of the molecule is Nc1ccc(-c2cc(Cl)c(-c3nc4ccc(C(F)(F)F)cc4[nH]3)c(Cl)c2)cn1. The lowest BCUT2D eigenvalue weighted by Gasteiger charge is -2.08. The van der Waals surface area contributed by atoms with Gasteiger partial charge in [-0.3, -0.25) is 0 Å². The van der Waals surface area contributed by atoms with E-state index in [0.717, 1.165) is 23.3 Å². The number of hydrogen-bond donors (Lipinski definition) is 2. The van der Waals surface area contributed by atoms with Crippen molar-refractivity contribution in [1.82, 2.24) is 15.0 Å². The normalized spacial score (nSPS) is 11.9. The third kappa shape index (κ3) is 3.39. The number of pyridine rings is 1. The fraction of sp³-hybridized carbons (Fsp3) is 0.0526. The summed E-state index contributed by atoms with van der Waals surface area (Å²) in [6.45, 7) is 0. The highest BCUT2D eigenvalue weighted by Crippen LogP contribution is 2.38. The monoisotopic (exact) mass is 422 g/mol. The number of nitrogens with one attached hydrogen (secondary N) is 1. The highest BCUT2D eigenvalue weighted by atomic mass is 35.5. The molecule has 0 saturated carbocycles. The second kappa shape index (κ2) is 6.68. The van der Waals surface area contributed by atoms with Gasteiger partial charge in [0.1, 0.15) is 11.6 Å². The van der Waals surface area contributed by atoms with Crippen molar-refractivity contribution in [3.63, 3.8) is 0 Å². The minimum atomic E-state index is -4.44. The number of nitrogens with zero attached hydrogens (tertiary/aromatic N) is 2. The molecule has 0 saturated heterocycles. The van der Waals surface area contributed by atoms with Crippen LogP contribution in [0.2, 0.25) is 10.0 Å². The van der Waals surface area contributed by atoms with Crippen molar-refractivity contribution in [3.05, 3.63) is 64.3 Å². The summed E-state index contributed by atoms with van der Waals surface area (Å²) >= 11 is 12.8. The number of fused-ring (bicyclic) bond motifs is 1. The zero-order valence-electron chi connectivity index (χ0n) is 14.0. The molecule has 0 aliphatic heterocycles. The molecule has 9 heteroatoms. The Morgan fingerprint density at radius 2 is 1.64 bits per heavy atom. The number of halogens is 5. The van der Waals surface area contributed by atoms with Gasteiger partial charge in [0.2, 0.25) is 0 Å². The zero-order chi connectivity index (χ0) is 20.1. The second-order valence-corrected chi connectivity index (χ2v) is 6.92. The molecule has 2 heterocycles. The molecule has 142 valence electrons. The van der Waals surface area contributed by atoms with Crippen molar-refractivity contribution in [3.8, 4) is 22.5 Å². The number of aromatic amines is 1. The lowest BCUT2D eigenvalue weighted by Crippen LogP contribution is -2.04. The Balaban J connectivity index is 1.79. The minimum Gasteiger partial charge on any atom is -0.384 e. The minimum absolute atomic E-state index is 0.240. The van der Waals surface area contributed by atoms with Crippen molar-refractivity contribution in [1.29, 1.82) is 0 Å². The fourth-order valence-corrected chi connectivity index (χ4v) is 3.51. The van der Waals surface area contributed by atoms with E-state index in [1.165, 1.54) is 6.07 Å². The van der Waals surface area contributed by atoms with Crippen molar-refractivity contribution in [2.45, 2.75) is 6.18 Å². The molecule has 0 unspecified atom stereocenters. The predicted octanol–water partition coefficient (Wildman–Crippen LogP) is 6.20. The molecular formula is C19H11Cl2F3N4. The van der Waals surface area contributed by atoms with E-state index in [0.29, 0.717) is 26.9 Å². The lowest BCUT2D eigenvalue weighted by atomic mass is 10.0. The van der Waals surface area contributed by atoms with E-state index in [-0.39, 0.29) is 11.3 Å². The number of hydrogen-bond acceptors (Lipinski definition) is 3. The number of H-pyrrole nitrogens is 1. The highest BCUT2D eigenvalue weighted by molar-refractivity contribution is 6.39. The molecule has 4 rings (SSSR count). The third-order valence-corrected chi connectivity index (χ3v) is 4.80. The molecule has 0 amide bonds. The number of rotatable bonds is 2. The Morgan fingerprint density at radius 1 is 0.929 bits per heavy atom. The van der Waals surface area contributed by atoms with Gasteiger partial charge in [0.05, 0.1) is 32.2 Å². The first-order valence-electron chi connectivity index (χ1n) is 8.00. The summed E-state index contributed by atoms with van der Waals surface area (Å²) in [7, 11) is 0. The maximum Gasteiger partial charge on any atom is 0.416 e. The van der Waals surface area contributed by atoms with Crippen molar-refractivity contribution >= 4 is 40.1 Å². The van der Waals surface area contributed by atoms with Crippen molar-refractivity contribution < 1.29 is 13.2 Å². The summed E-state index contributed by atoms with van der Waals surface area (Å²) in [6, 6.07) is 10.1. The Bertz CT molecular complexity index is 1160. The lowest BCUT2D eigenvalue weighted by molar-refractivity contribution is -0.137. The first-order valence-corrected chi connectivity index (χ1v) is 8.76. The van der Waals surface area contributed by atoms with Crippen LogP contribution in [-0.2, 0) is 6.18 Å². The second-order valence-electron chi connectivity index (χ2n) is 6.10. The first kappa shape index (κ1) is 18.6. The van der Waals surface area contributed by atoms with Crippen LogP contribution in [0.1, 0.15) is 5.56 Å². The number of nitrogen functional groups attached to an aromatic ring is 1. The standard InChI is InChI=1S/C19H11Cl2F3N4/c20-12-5-10(9-1-4-16(25)26-8-9)6-13(21)17(12)18-27-14-3-2-11(19(22,23)24)7-15(14)28-18/h1-8H,(H2,25,26)(H,27,28).